The van der Waals surface area contributed by atoms with E-state index in [1.807, 2.05) is 74.9 Å². The third-order valence-electron chi connectivity index (χ3n) is 5.54. The van der Waals surface area contributed by atoms with Gasteiger partial charge in [0.15, 0.2) is 0 Å². The molecular weight excluding hydrogens is 848 g/mol. The first-order chi connectivity index (χ1) is 22.4. The predicted molar refractivity (Wildman–Crippen MR) is 176 cm³/mol. The number of nitrogens with zero attached hydrogens (tertiary/aromatic N) is 6. The molecule has 8 nitrogen and oxygen atoms in total. The van der Waals surface area contributed by atoms with Gasteiger partial charge in [0.1, 0.15) is 0 Å². The number of anilines is 1. The summed E-state index contributed by atoms with van der Waals surface area (Å²) >= 11 is 0. The summed E-state index contributed by atoms with van der Waals surface area (Å²) < 4.78 is 64.3. The minimum Gasteiger partial charge on any atom is 0 e. The van der Waals surface area contributed by atoms with Crippen LogP contribution in [0.4, 0.5) is 30.9 Å². The fraction of sp³-hybridized carbons (Fsp3) is 0.152. The SMILES string of the molecule is CC#N.CCOC(=O)c1cc(-c2ccccn2)nc(-c2ccccn2)c1.CN(C)c1ccc(-c2ccccn2)cc1.F[P-](F)(F)(F)(F)F.[Os]. The molecule has 0 aliphatic heterocycles. The minimum absolute atomic E-state index is 0. The molecule has 0 saturated carbocycles. The Hall–Kier alpha value is -4.77. The first kappa shape index (κ1) is 42.2. The van der Waals surface area contributed by atoms with E-state index < -0.39 is 7.81 Å². The Bertz CT molecular complexity index is 1710. The Morgan fingerprint density at radius 3 is 1.45 bits per heavy atom. The van der Waals surface area contributed by atoms with E-state index in [1.165, 1.54) is 12.6 Å². The van der Waals surface area contributed by atoms with Gasteiger partial charge in [-0.3, -0.25) is 15.0 Å². The summed E-state index contributed by atoms with van der Waals surface area (Å²) in [6.07, 6.45) is 5.19. The van der Waals surface area contributed by atoms with E-state index in [-0.39, 0.29) is 25.8 Å². The topological polar surface area (TPSA) is 105 Å². The molecule has 0 bridgehead atoms. The Balaban J connectivity index is 0.000000397. The molecule has 0 amide bonds. The van der Waals surface area contributed by atoms with Crippen molar-refractivity contribution in [3.63, 3.8) is 0 Å². The molecule has 0 aliphatic carbocycles. The number of halogens is 6. The van der Waals surface area contributed by atoms with Crippen molar-refractivity contribution in [2.24, 2.45) is 0 Å². The van der Waals surface area contributed by atoms with Gasteiger partial charge < -0.3 is 9.64 Å². The number of aromatic nitrogens is 4. The van der Waals surface area contributed by atoms with E-state index in [0.717, 1.165) is 11.3 Å². The van der Waals surface area contributed by atoms with E-state index in [9.17, 15) is 30.0 Å². The normalized spacial score (nSPS) is 11.4. The van der Waals surface area contributed by atoms with Crippen LogP contribution < -0.4 is 4.90 Å². The van der Waals surface area contributed by atoms with Crippen molar-refractivity contribution in [3.8, 4) is 40.1 Å². The van der Waals surface area contributed by atoms with E-state index in [1.54, 1.807) is 37.5 Å². The van der Waals surface area contributed by atoms with Crippen molar-refractivity contribution < 1.29 is 54.5 Å². The molecule has 5 aromatic rings. The number of esters is 1. The zero-order valence-electron chi connectivity index (χ0n) is 26.7. The Kier molecular flexibility index (Phi) is 15.6. The summed E-state index contributed by atoms with van der Waals surface area (Å²) in [5, 5.41) is 7.32. The van der Waals surface area contributed by atoms with Crippen molar-refractivity contribution in [1.82, 2.24) is 19.9 Å². The van der Waals surface area contributed by atoms with Crippen molar-refractivity contribution >= 4 is 19.5 Å². The number of rotatable bonds is 6. The van der Waals surface area contributed by atoms with Gasteiger partial charge in [-0.25, -0.2) is 9.78 Å². The average molecular weight is 880 g/mol. The molecule has 0 fully saturated rings. The first-order valence-corrected chi connectivity index (χ1v) is 16.0. The average Bonchev–Trinajstić information content (AvgIpc) is 3.05. The maximum absolute atomic E-state index is 12.1. The fourth-order valence-corrected chi connectivity index (χ4v) is 3.62. The van der Waals surface area contributed by atoms with Crippen LogP contribution in [-0.4, -0.2) is 46.6 Å². The molecule has 0 saturated heterocycles. The van der Waals surface area contributed by atoms with E-state index in [0.29, 0.717) is 34.9 Å². The molecule has 0 spiro atoms. The van der Waals surface area contributed by atoms with Gasteiger partial charge in [0.05, 0.1) is 46.7 Å². The van der Waals surface area contributed by atoms with Gasteiger partial charge in [0.25, 0.3) is 0 Å². The van der Waals surface area contributed by atoms with Crippen molar-refractivity contribution in [2.45, 2.75) is 13.8 Å². The molecule has 5 rings (SSSR count). The second-order valence-corrected chi connectivity index (χ2v) is 11.5. The van der Waals surface area contributed by atoms with Gasteiger partial charge in [-0.05, 0) is 67.6 Å². The maximum Gasteiger partial charge on any atom is 0 e. The van der Waals surface area contributed by atoms with Crippen LogP contribution in [0, 0.1) is 11.3 Å². The Morgan fingerprint density at radius 1 is 0.735 bits per heavy atom. The van der Waals surface area contributed by atoms with Gasteiger partial charge in [0, 0.05) is 70.7 Å². The number of pyridine rings is 4. The summed E-state index contributed by atoms with van der Waals surface area (Å²) in [6.45, 7) is 3.53. The maximum atomic E-state index is 12.1. The van der Waals surface area contributed by atoms with Gasteiger partial charge in [0.2, 0.25) is 0 Å². The molecular formula is C33H32F6N6O2OsP-. The molecule has 0 aliphatic rings. The van der Waals surface area contributed by atoms with Crippen LogP contribution in [0.2, 0.25) is 0 Å². The summed E-state index contributed by atoms with van der Waals surface area (Å²) in [4.78, 5) is 31.7. The molecule has 0 radical (unpaired) electrons. The summed E-state index contributed by atoms with van der Waals surface area (Å²) in [5.74, 6) is -0.385. The number of hydrogen-bond donors (Lipinski definition) is 0. The van der Waals surface area contributed by atoms with Crippen LogP contribution >= 0.6 is 7.81 Å². The number of carbonyl (C=O) groups excluding carboxylic acids is 1. The van der Waals surface area contributed by atoms with Crippen LogP contribution in [-0.2, 0) is 24.5 Å². The number of ether oxygens (including phenoxy) is 1. The number of hydrogen-bond acceptors (Lipinski definition) is 8. The quantitative estimate of drug-likeness (QED) is 0.0944. The molecule has 16 heteroatoms. The van der Waals surface area contributed by atoms with Crippen LogP contribution in [0.1, 0.15) is 24.2 Å². The van der Waals surface area contributed by atoms with Crippen molar-refractivity contribution in [1.29, 1.82) is 5.26 Å². The van der Waals surface area contributed by atoms with Crippen LogP contribution in [0.25, 0.3) is 34.0 Å². The van der Waals surface area contributed by atoms with Crippen molar-refractivity contribution in [2.75, 3.05) is 25.6 Å². The zero-order valence-corrected chi connectivity index (χ0v) is 30.1. The molecule has 0 unspecified atom stereocenters. The molecule has 0 atom stereocenters. The molecule has 0 N–H and O–H groups in total. The zero-order chi connectivity index (χ0) is 35.9. The van der Waals surface area contributed by atoms with Crippen LogP contribution in [0.15, 0.2) is 110 Å². The summed E-state index contributed by atoms with van der Waals surface area (Å²) in [7, 11) is -6.58. The number of nitriles is 1. The third kappa shape index (κ3) is 17.8. The number of carbonyl (C=O) groups is 1. The predicted octanol–water partition coefficient (Wildman–Crippen LogP) is 10.1. The van der Waals surface area contributed by atoms with Gasteiger partial charge >= 0.3 is 39.0 Å². The van der Waals surface area contributed by atoms with Crippen molar-refractivity contribution in [3.05, 3.63) is 115 Å². The molecule has 1 aromatic carbocycles. The van der Waals surface area contributed by atoms with E-state index in [2.05, 4.69) is 49.1 Å². The molecule has 49 heavy (non-hydrogen) atoms. The smallest absolute Gasteiger partial charge is 0 e. The molecule has 4 heterocycles. The second-order valence-electron chi connectivity index (χ2n) is 9.61. The standard InChI is InChI=1S/C18H15N3O2.C13H14N2.C2H3N.F6P.Os/c1-2-23-18(22)13-11-16(14-7-3-5-9-19-14)21-17(12-13)15-8-4-6-10-20-15;1-15(2)12-8-6-11(7-9-12)13-5-3-4-10-14-13;1-2-3;1-7(2,3,4,5)6;/h3-12H,2H2,1H3;3-10H,1-2H3;1H3;;/q;;;-1;. The summed E-state index contributed by atoms with van der Waals surface area (Å²) in [5.41, 5.74) is 6.40. The molecule has 262 valence electrons. The van der Waals surface area contributed by atoms with Crippen LogP contribution in [0.5, 0.6) is 0 Å². The molecule has 4 aromatic heterocycles. The summed E-state index contributed by atoms with van der Waals surface area (Å²) in [6, 6.07) is 30.6. The Morgan fingerprint density at radius 2 is 1.12 bits per heavy atom. The van der Waals surface area contributed by atoms with Gasteiger partial charge in [-0.1, -0.05) is 30.3 Å². The first-order valence-electron chi connectivity index (χ1n) is 14.0. The van der Waals surface area contributed by atoms with Gasteiger partial charge in [-0.15, -0.1) is 0 Å². The van der Waals surface area contributed by atoms with E-state index in [4.69, 9.17) is 10.00 Å². The van der Waals surface area contributed by atoms with Gasteiger partial charge in [-0.2, -0.15) is 5.26 Å². The Labute approximate surface area is 293 Å². The second kappa shape index (κ2) is 18.1. The third-order valence-corrected chi connectivity index (χ3v) is 5.54. The minimum atomic E-state index is -10.7. The van der Waals surface area contributed by atoms with E-state index >= 15 is 0 Å². The fourth-order valence-electron chi connectivity index (χ4n) is 3.62. The largest absolute Gasteiger partial charge is 0 e. The monoisotopic (exact) mass is 881 g/mol. The van der Waals surface area contributed by atoms with Crippen LogP contribution in [0.3, 0.4) is 0 Å². The number of benzene rings is 1.